The van der Waals surface area contributed by atoms with Gasteiger partial charge in [-0.1, -0.05) is 49.1 Å². The van der Waals surface area contributed by atoms with Crippen LogP contribution < -0.4 is 11.1 Å². The molecule has 0 saturated carbocycles. The lowest BCUT2D eigenvalue weighted by Crippen LogP contribution is -2.11. The van der Waals surface area contributed by atoms with Crippen LogP contribution in [0.25, 0.3) is 21.2 Å². The number of pyridine rings is 1. The zero-order valence-electron chi connectivity index (χ0n) is 12.4. The number of hydrogen-bond acceptors (Lipinski definition) is 4. The summed E-state index contributed by atoms with van der Waals surface area (Å²) in [6.07, 6.45) is 1.77. The van der Waals surface area contributed by atoms with Gasteiger partial charge in [-0.25, -0.2) is 4.98 Å². The molecular weight excluding hydrogens is 290 g/mol. The molecule has 0 fully saturated rings. The molecule has 22 heavy (non-hydrogen) atoms. The number of nitrogens with zero attached hydrogens (tertiary/aromatic N) is 1. The molecule has 2 aromatic heterocycles. The van der Waals surface area contributed by atoms with Gasteiger partial charge in [-0.2, -0.15) is 0 Å². The van der Waals surface area contributed by atoms with Crippen molar-refractivity contribution < 1.29 is 0 Å². The Kier molecular flexibility index (Phi) is 4.38. The highest BCUT2D eigenvalue weighted by atomic mass is 32.1. The molecule has 0 atom stereocenters. The minimum atomic E-state index is 0.562. The van der Waals surface area contributed by atoms with Gasteiger partial charge < -0.3 is 11.1 Å². The van der Waals surface area contributed by atoms with Gasteiger partial charge in [-0.15, -0.1) is 11.3 Å². The van der Waals surface area contributed by atoms with Gasteiger partial charge in [0.15, 0.2) is 0 Å². The molecule has 0 spiro atoms. The van der Waals surface area contributed by atoms with Gasteiger partial charge in [-0.3, -0.25) is 0 Å². The standard InChI is InChI=1S/C18H17N3S/c1-2-20-10-6-9-14-11-21-18(19)16-15(12-22-17(14)16)13-7-4-3-5-8-13/h3-5,7-8,11-12,20H,2,10H2,1H3,(H2,19,21). The first-order chi connectivity index (χ1) is 10.8. The molecule has 1 aromatic carbocycles. The minimum Gasteiger partial charge on any atom is -0.383 e. The average Bonchev–Trinajstić information content (AvgIpc) is 3.00. The number of thiophene rings is 1. The number of benzene rings is 1. The van der Waals surface area contributed by atoms with E-state index in [1.165, 1.54) is 0 Å². The van der Waals surface area contributed by atoms with Crippen molar-refractivity contribution in [2.75, 3.05) is 18.8 Å². The molecule has 3 rings (SSSR count). The van der Waals surface area contributed by atoms with Crippen molar-refractivity contribution in [3.8, 4) is 23.0 Å². The predicted octanol–water partition coefficient (Wildman–Crippen LogP) is 3.51. The highest BCUT2D eigenvalue weighted by Crippen LogP contribution is 2.38. The predicted molar refractivity (Wildman–Crippen MR) is 94.9 cm³/mol. The largest absolute Gasteiger partial charge is 0.383 e. The number of fused-ring (bicyclic) bond motifs is 1. The van der Waals surface area contributed by atoms with Crippen molar-refractivity contribution in [2.24, 2.45) is 0 Å². The first-order valence-electron chi connectivity index (χ1n) is 7.22. The Hall–Kier alpha value is -2.35. The molecule has 2 heterocycles. The maximum Gasteiger partial charge on any atom is 0.132 e. The average molecular weight is 307 g/mol. The van der Waals surface area contributed by atoms with Gasteiger partial charge >= 0.3 is 0 Å². The van der Waals surface area contributed by atoms with Crippen molar-refractivity contribution in [1.82, 2.24) is 10.3 Å². The number of rotatable bonds is 3. The van der Waals surface area contributed by atoms with E-state index in [4.69, 9.17) is 5.73 Å². The van der Waals surface area contributed by atoms with Gasteiger partial charge in [-0.05, 0) is 17.5 Å². The molecule has 0 bridgehead atoms. The van der Waals surface area contributed by atoms with Gasteiger partial charge in [0, 0.05) is 17.1 Å². The molecule has 0 unspecified atom stereocenters. The number of anilines is 1. The Balaban J connectivity index is 2.09. The summed E-state index contributed by atoms with van der Waals surface area (Å²) in [5, 5.41) is 6.33. The first-order valence-corrected chi connectivity index (χ1v) is 8.10. The van der Waals surface area contributed by atoms with Crippen molar-refractivity contribution in [2.45, 2.75) is 6.92 Å². The lowest BCUT2D eigenvalue weighted by atomic mass is 10.0. The summed E-state index contributed by atoms with van der Waals surface area (Å²) in [5.41, 5.74) is 9.34. The van der Waals surface area contributed by atoms with E-state index in [1.807, 2.05) is 18.2 Å². The van der Waals surface area contributed by atoms with E-state index in [9.17, 15) is 0 Å². The van der Waals surface area contributed by atoms with Crippen LogP contribution >= 0.6 is 11.3 Å². The summed E-state index contributed by atoms with van der Waals surface area (Å²) >= 11 is 1.67. The maximum absolute atomic E-state index is 6.12. The SMILES string of the molecule is CCNCC#Cc1cnc(N)c2c(-c3ccccc3)csc12. The van der Waals surface area contributed by atoms with E-state index in [1.54, 1.807) is 17.5 Å². The van der Waals surface area contributed by atoms with E-state index >= 15 is 0 Å². The smallest absolute Gasteiger partial charge is 0.132 e. The number of nitrogen functional groups attached to an aromatic ring is 1. The first kappa shape index (κ1) is 14.6. The molecule has 3 N–H and O–H groups in total. The lowest BCUT2D eigenvalue weighted by molar-refractivity contribution is 0.811. The van der Waals surface area contributed by atoms with E-state index in [-0.39, 0.29) is 0 Å². The van der Waals surface area contributed by atoms with Crippen LogP contribution in [-0.2, 0) is 0 Å². The Morgan fingerprint density at radius 1 is 1.27 bits per heavy atom. The minimum absolute atomic E-state index is 0.562. The van der Waals surface area contributed by atoms with Crippen LogP contribution in [0.2, 0.25) is 0 Å². The summed E-state index contributed by atoms with van der Waals surface area (Å²) in [4.78, 5) is 4.33. The molecule has 0 radical (unpaired) electrons. The monoisotopic (exact) mass is 307 g/mol. The van der Waals surface area contributed by atoms with Gasteiger partial charge in [0.25, 0.3) is 0 Å². The number of aromatic nitrogens is 1. The third kappa shape index (κ3) is 2.82. The summed E-state index contributed by atoms with van der Waals surface area (Å²) < 4.78 is 1.11. The van der Waals surface area contributed by atoms with Crippen LogP contribution in [0.15, 0.2) is 41.9 Å². The summed E-state index contributed by atoms with van der Waals surface area (Å²) in [6, 6.07) is 10.2. The molecule has 0 aliphatic rings. The van der Waals surface area contributed by atoms with Crippen LogP contribution in [0.1, 0.15) is 12.5 Å². The Bertz CT molecular complexity index is 841. The number of nitrogens with two attached hydrogens (primary N) is 1. The van der Waals surface area contributed by atoms with Gasteiger partial charge in [0.1, 0.15) is 5.82 Å². The zero-order chi connectivity index (χ0) is 15.4. The fourth-order valence-corrected chi connectivity index (χ4v) is 3.37. The fraction of sp³-hybridized carbons (Fsp3) is 0.167. The Morgan fingerprint density at radius 3 is 2.86 bits per heavy atom. The van der Waals surface area contributed by atoms with E-state index in [0.29, 0.717) is 12.4 Å². The maximum atomic E-state index is 6.12. The van der Waals surface area contributed by atoms with Crippen LogP contribution in [0.5, 0.6) is 0 Å². The molecular formula is C18H17N3S. The van der Waals surface area contributed by atoms with Crippen molar-refractivity contribution in [3.05, 3.63) is 47.5 Å². The third-order valence-electron chi connectivity index (χ3n) is 3.40. The van der Waals surface area contributed by atoms with E-state index in [0.717, 1.165) is 33.3 Å². The number of hydrogen-bond donors (Lipinski definition) is 2. The second-order valence-electron chi connectivity index (χ2n) is 4.86. The third-order valence-corrected chi connectivity index (χ3v) is 4.41. The summed E-state index contributed by atoms with van der Waals surface area (Å²) in [5.74, 6) is 6.88. The second kappa shape index (κ2) is 6.61. The highest BCUT2D eigenvalue weighted by Gasteiger charge is 2.12. The van der Waals surface area contributed by atoms with Crippen LogP contribution in [0, 0.1) is 11.8 Å². The molecule has 0 aliphatic heterocycles. The van der Waals surface area contributed by atoms with Crippen LogP contribution in [0.3, 0.4) is 0 Å². The lowest BCUT2D eigenvalue weighted by Gasteiger charge is -2.03. The topological polar surface area (TPSA) is 50.9 Å². The Morgan fingerprint density at radius 2 is 2.09 bits per heavy atom. The molecule has 4 heteroatoms. The molecule has 0 saturated heterocycles. The van der Waals surface area contributed by atoms with Gasteiger partial charge in [0.05, 0.1) is 16.8 Å². The molecule has 0 aliphatic carbocycles. The second-order valence-corrected chi connectivity index (χ2v) is 5.74. The van der Waals surface area contributed by atoms with Crippen molar-refractivity contribution in [1.29, 1.82) is 0 Å². The van der Waals surface area contributed by atoms with Crippen molar-refractivity contribution in [3.63, 3.8) is 0 Å². The van der Waals surface area contributed by atoms with E-state index in [2.05, 4.69) is 46.6 Å². The molecule has 3 aromatic rings. The molecule has 3 nitrogen and oxygen atoms in total. The normalized spacial score (nSPS) is 10.4. The number of nitrogens with one attached hydrogen (secondary N) is 1. The Labute approximate surface area is 134 Å². The molecule has 110 valence electrons. The quantitative estimate of drug-likeness (QED) is 0.575. The van der Waals surface area contributed by atoms with Gasteiger partial charge in [0.2, 0.25) is 0 Å². The van der Waals surface area contributed by atoms with E-state index < -0.39 is 0 Å². The highest BCUT2D eigenvalue weighted by molar-refractivity contribution is 7.18. The zero-order valence-corrected chi connectivity index (χ0v) is 13.2. The fourth-order valence-electron chi connectivity index (χ4n) is 2.31. The van der Waals surface area contributed by atoms with Crippen LogP contribution in [0.4, 0.5) is 5.82 Å². The molecule has 0 amide bonds. The van der Waals surface area contributed by atoms with Crippen molar-refractivity contribution >= 4 is 27.2 Å². The summed E-state index contributed by atoms with van der Waals surface area (Å²) in [6.45, 7) is 3.66. The summed E-state index contributed by atoms with van der Waals surface area (Å²) in [7, 11) is 0. The van der Waals surface area contributed by atoms with Crippen LogP contribution in [-0.4, -0.2) is 18.1 Å².